The van der Waals surface area contributed by atoms with Crippen molar-refractivity contribution in [2.24, 2.45) is 0 Å². The first-order chi connectivity index (χ1) is 22.0. The number of carbonyl (C=O) groups excluding carboxylic acids is 4. The van der Waals surface area contributed by atoms with Crippen LogP contribution in [0.2, 0.25) is 44.3 Å². The molecule has 0 aromatic rings. The molecule has 0 aliphatic heterocycles. The molecule has 3 N–H and O–H groups in total. The average molecular weight is 795 g/mol. The third-order valence-corrected chi connectivity index (χ3v) is 11.1. The molecule has 0 fully saturated rings. The van der Waals surface area contributed by atoms with Crippen molar-refractivity contribution in [1.82, 2.24) is 10.6 Å². The molecule has 13 nitrogen and oxygen atoms in total. The van der Waals surface area contributed by atoms with E-state index in [4.69, 9.17) is 28.4 Å². The Kier molecular flexibility index (Phi) is 33.2. The zero-order chi connectivity index (χ0) is 36.1. The van der Waals surface area contributed by atoms with Crippen LogP contribution < -0.4 is 10.6 Å². The molecule has 0 aromatic carbocycles. The molecule has 0 saturated carbocycles. The Hall–Kier alpha value is -1.62. The van der Waals surface area contributed by atoms with Gasteiger partial charge in [0.15, 0.2) is 8.32 Å². The van der Waals surface area contributed by atoms with Crippen molar-refractivity contribution < 1.29 is 85.1 Å². The van der Waals surface area contributed by atoms with Crippen LogP contribution in [0.4, 0.5) is 9.59 Å². The molecule has 277 valence electrons. The van der Waals surface area contributed by atoms with Crippen molar-refractivity contribution in [2.75, 3.05) is 65.9 Å². The number of esters is 2. The van der Waals surface area contributed by atoms with E-state index in [1.165, 1.54) is 18.5 Å². The Labute approximate surface area is 315 Å². The van der Waals surface area contributed by atoms with Crippen molar-refractivity contribution >= 4 is 40.5 Å². The fraction of sp³-hybridized carbons (Fsp3) is 0.719. The monoisotopic (exact) mass is 794 g/mol. The van der Waals surface area contributed by atoms with E-state index in [2.05, 4.69) is 43.8 Å². The van der Waals surface area contributed by atoms with E-state index in [0.29, 0.717) is 37.6 Å². The van der Waals surface area contributed by atoms with Crippen LogP contribution >= 0.6 is 0 Å². The quantitative estimate of drug-likeness (QED) is 0.0284. The van der Waals surface area contributed by atoms with Gasteiger partial charge >= 0.3 is 24.1 Å². The van der Waals surface area contributed by atoms with Crippen LogP contribution in [-0.2, 0) is 70.7 Å². The van der Waals surface area contributed by atoms with E-state index in [9.17, 15) is 24.0 Å². The summed E-state index contributed by atoms with van der Waals surface area (Å²) in [6, 6.07) is 3.36. The zero-order valence-corrected chi connectivity index (χ0v) is 35.1. The van der Waals surface area contributed by atoms with E-state index in [0.717, 1.165) is 25.3 Å². The topological polar surface area (TPSA) is 168 Å². The molecule has 0 aliphatic rings. The van der Waals surface area contributed by atoms with Gasteiger partial charge in [-0.05, 0) is 45.8 Å². The van der Waals surface area contributed by atoms with Gasteiger partial charge in [0.05, 0.1) is 26.3 Å². The molecule has 0 atom stereocenters. The van der Waals surface area contributed by atoms with Gasteiger partial charge in [-0.15, -0.1) is 0 Å². The van der Waals surface area contributed by atoms with Crippen LogP contribution in [0.3, 0.4) is 0 Å². The minimum Gasteiger partial charge on any atom is -0.460 e. The Morgan fingerprint density at radius 1 is 0.625 bits per heavy atom. The SMILES string of the molecule is C=C(C)C(=O)OCCNC(=O)OCCOCCC[Si](C)(C)CCC[CH2-].C=C(C)C(=O)OCCNC(=O)OCCOCCC[Si](C)(C)O.[Y]. The van der Waals surface area contributed by atoms with E-state index >= 15 is 0 Å². The van der Waals surface area contributed by atoms with Crippen molar-refractivity contribution in [2.45, 2.75) is 83.9 Å². The summed E-state index contributed by atoms with van der Waals surface area (Å²) in [7, 11) is -3.10. The van der Waals surface area contributed by atoms with Crippen LogP contribution in [0.15, 0.2) is 24.3 Å². The first-order valence-corrected chi connectivity index (χ1v) is 22.7. The molecule has 0 bridgehead atoms. The molecule has 0 aromatic heterocycles. The number of carbonyl (C=O) groups is 4. The fourth-order valence-electron chi connectivity index (χ4n) is 3.52. The van der Waals surface area contributed by atoms with Crippen LogP contribution in [0.25, 0.3) is 0 Å². The summed E-state index contributed by atoms with van der Waals surface area (Å²) >= 11 is 0. The molecule has 0 unspecified atom stereocenters. The molecule has 0 rings (SSSR count). The second-order valence-electron chi connectivity index (χ2n) is 12.3. The van der Waals surface area contributed by atoms with E-state index in [-0.39, 0.29) is 72.2 Å². The summed E-state index contributed by atoms with van der Waals surface area (Å²) in [4.78, 5) is 54.5. The second kappa shape index (κ2) is 31.4. The first-order valence-electron chi connectivity index (χ1n) is 16.1. The molecule has 0 aliphatic carbocycles. The normalized spacial score (nSPS) is 10.8. The van der Waals surface area contributed by atoms with Crippen LogP contribution in [-0.4, -0.2) is 111 Å². The van der Waals surface area contributed by atoms with Gasteiger partial charge in [-0.3, -0.25) is 0 Å². The predicted octanol–water partition coefficient (Wildman–Crippen LogP) is 4.99. The molecule has 16 heteroatoms. The first kappa shape index (κ1) is 50.8. The van der Waals surface area contributed by atoms with Crippen molar-refractivity contribution in [1.29, 1.82) is 0 Å². The van der Waals surface area contributed by atoms with Gasteiger partial charge in [-0.1, -0.05) is 44.8 Å². The van der Waals surface area contributed by atoms with Gasteiger partial charge in [0.2, 0.25) is 0 Å². The maximum absolute atomic E-state index is 11.4. The van der Waals surface area contributed by atoms with Gasteiger partial charge in [0.25, 0.3) is 0 Å². The number of ether oxygens (including phenoxy) is 6. The van der Waals surface area contributed by atoms with Gasteiger partial charge in [-0.2, -0.15) is 6.42 Å². The molecule has 0 heterocycles. The Balaban J connectivity index is -0.000000833. The zero-order valence-electron chi connectivity index (χ0n) is 30.2. The summed E-state index contributed by atoms with van der Waals surface area (Å²) in [5.74, 6) is -0.959. The van der Waals surface area contributed by atoms with Crippen molar-refractivity contribution in [3.63, 3.8) is 0 Å². The molecule has 1 radical (unpaired) electrons. The summed E-state index contributed by atoms with van der Waals surface area (Å²) in [5, 5.41) is 4.94. The minimum atomic E-state index is -1.99. The number of hydrogen-bond acceptors (Lipinski definition) is 11. The Morgan fingerprint density at radius 2 is 1.02 bits per heavy atom. The van der Waals surface area contributed by atoms with E-state index in [1.807, 2.05) is 13.1 Å². The third-order valence-electron chi connectivity index (χ3n) is 6.15. The number of nitrogens with one attached hydrogen (secondary N) is 2. The smallest absolute Gasteiger partial charge is 0.407 e. The summed E-state index contributed by atoms with van der Waals surface area (Å²) in [6.45, 7) is 25.3. The van der Waals surface area contributed by atoms with Crippen LogP contribution in [0.1, 0.15) is 39.5 Å². The standard InChI is InChI=1S/C18H34NO5Si.C14H27NO6Si.Y/c1-6-7-14-25(4,5)15-8-10-22-12-13-24-18(21)19-9-11-23-17(20)16(2)3;1-12(2)13(16)20-8-6-15-14(17)21-10-9-19-7-5-11-22(3,4)18;/h1-2,6-15H2,3-5H3,(H,19,21);18H,1,5-11H2,2-4H3,(H,15,17);/q-1;;. The van der Waals surface area contributed by atoms with Gasteiger partial charge in [0, 0.05) is 65.1 Å². The van der Waals surface area contributed by atoms with Gasteiger partial charge in [-0.25, -0.2) is 19.2 Å². The number of hydrogen-bond donors (Lipinski definition) is 3. The summed E-state index contributed by atoms with van der Waals surface area (Å²) in [5.41, 5.74) is 0.639. The fourth-order valence-corrected chi connectivity index (χ4v) is 7.09. The largest absolute Gasteiger partial charge is 0.460 e. The van der Waals surface area contributed by atoms with Crippen molar-refractivity contribution in [3.05, 3.63) is 31.2 Å². The van der Waals surface area contributed by atoms with Crippen molar-refractivity contribution in [3.8, 4) is 0 Å². The van der Waals surface area contributed by atoms with Gasteiger partial charge < -0.3 is 50.8 Å². The van der Waals surface area contributed by atoms with E-state index < -0.39 is 40.5 Å². The number of alkyl carbamates (subject to hydrolysis) is 2. The molecular weight excluding hydrogens is 733 g/mol. The van der Waals surface area contributed by atoms with Crippen LogP contribution in [0.5, 0.6) is 0 Å². The molecule has 2 amide bonds. The predicted molar refractivity (Wildman–Crippen MR) is 187 cm³/mol. The maximum Gasteiger partial charge on any atom is 0.407 e. The van der Waals surface area contributed by atoms with Crippen LogP contribution in [0, 0.1) is 6.92 Å². The summed E-state index contributed by atoms with van der Waals surface area (Å²) < 4.78 is 30.3. The second-order valence-corrected chi connectivity index (χ2v) is 21.8. The molecular formula is C32H61N2O11Si2Y-. The number of amides is 2. The Morgan fingerprint density at radius 3 is 1.40 bits per heavy atom. The molecule has 48 heavy (non-hydrogen) atoms. The summed E-state index contributed by atoms with van der Waals surface area (Å²) in [6.07, 6.45) is 2.96. The average Bonchev–Trinajstić information content (AvgIpc) is 2.98. The number of unbranched alkanes of at least 4 members (excludes halogenated alkanes) is 1. The van der Waals surface area contributed by atoms with E-state index in [1.54, 1.807) is 13.8 Å². The molecule has 0 spiro atoms. The number of rotatable bonds is 25. The maximum atomic E-state index is 11.4. The Bertz CT molecular complexity index is 932. The molecule has 0 saturated heterocycles. The minimum absolute atomic E-state index is 0. The third kappa shape index (κ3) is 37.2. The van der Waals surface area contributed by atoms with Gasteiger partial charge in [0.1, 0.15) is 26.4 Å².